The zero-order chi connectivity index (χ0) is 24.5. The van der Waals surface area contributed by atoms with E-state index in [-0.39, 0.29) is 19.3 Å². The molecular weight excluding hydrogens is 472 g/mol. The van der Waals surface area contributed by atoms with Crippen molar-refractivity contribution >= 4 is 32.0 Å². The molecule has 0 aromatic heterocycles. The van der Waals surface area contributed by atoms with Crippen LogP contribution in [0.15, 0.2) is 60.7 Å². The van der Waals surface area contributed by atoms with Gasteiger partial charge in [-0.15, -0.1) is 0 Å². The average molecular weight is 499 g/mol. The van der Waals surface area contributed by atoms with Crippen molar-refractivity contribution in [2.75, 3.05) is 11.5 Å². The lowest BCUT2D eigenvalue weighted by Gasteiger charge is -2.16. The fourth-order valence-corrected chi connectivity index (χ4v) is 5.75. The molecule has 2 rings (SSSR count). The first kappa shape index (κ1) is 26.5. The van der Waals surface area contributed by atoms with Crippen LogP contribution >= 0.6 is 0 Å². The van der Waals surface area contributed by atoms with Crippen LogP contribution in [0.3, 0.4) is 0 Å². The molecule has 0 amide bonds. The third kappa shape index (κ3) is 9.70. The Morgan fingerprint density at radius 1 is 0.667 bits per heavy atom. The number of aliphatic carboxylic acids is 2. The summed E-state index contributed by atoms with van der Waals surface area (Å²) in [6.07, 6.45) is -0.496. The lowest BCUT2D eigenvalue weighted by atomic mass is 10.1. The van der Waals surface area contributed by atoms with Crippen LogP contribution in [-0.2, 0) is 42.5 Å². The topological polar surface area (TPSA) is 167 Å². The first-order chi connectivity index (χ1) is 15.5. The molecule has 0 bridgehead atoms. The fourth-order valence-electron chi connectivity index (χ4n) is 3.05. The smallest absolute Gasteiger partial charge is 0.322 e. The molecular formula is C21H26N2O8S2. The minimum absolute atomic E-state index is 0.0744. The van der Waals surface area contributed by atoms with E-state index in [1.165, 1.54) is 0 Å². The van der Waals surface area contributed by atoms with Crippen LogP contribution in [0, 0.1) is 0 Å². The zero-order valence-electron chi connectivity index (χ0n) is 17.6. The predicted octanol–water partition coefficient (Wildman–Crippen LogP) is 0.607. The van der Waals surface area contributed by atoms with E-state index in [0.29, 0.717) is 11.1 Å². The van der Waals surface area contributed by atoms with Gasteiger partial charge in [0, 0.05) is 0 Å². The summed E-state index contributed by atoms with van der Waals surface area (Å²) in [5.41, 5.74) is 1.25. The lowest BCUT2D eigenvalue weighted by molar-refractivity contribution is -0.139. The Bertz CT molecular complexity index is 1050. The summed E-state index contributed by atoms with van der Waals surface area (Å²) >= 11 is 0. The highest BCUT2D eigenvalue weighted by Gasteiger charge is 2.27. The minimum Gasteiger partial charge on any atom is -0.480 e. The highest BCUT2D eigenvalue weighted by atomic mass is 32.2. The number of benzene rings is 2. The molecule has 33 heavy (non-hydrogen) atoms. The van der Waals surface area contributed by atoms with Gasteiger partial charge in [0.05, 0.1) is 11.5 Å². The summed E-state index contributed by atoms with van der Waals surface area (Å²) in [6.45, 7) is 0. The van der Waals surface area contributed by atoms with Gasteiger partial charge < -0.3 is 10.2 Å². The van der Waals surface area contributed by atoms with Crippen LogP contribution in [0.2, 0.25) is 0 Å². The van der Waals surface area contributed by atoms with E-state index in [1.807, 2.05) is 0 Å². The monoisotopic (exact) mass is 498 g/mol. The van der Waals surface area contributed by atoms with Gasteiger partial charge in [0.2, 0.25) is 20.0 Å². The molecule has 0 heterocycles. The SMILES string of the molecule is O=C(O)[C@H](Cc1ccccc1)NS(=O)(=O)CCCS(=O)(=O)N[C@@H](Cc1ccccc1)C(=O)O. The Morgan fingerprint density at radius 2 is 1.00 bits per heavy atom. The minimum atomic E-state index is -4.10. The van der Waals surface area contributed by atoms with Gasteiger partial charge in [-0.25, -0.2) is 26.3 Å². The van der Waals surface area contributed by atoms with Gasteiger partial charge in [0.25, 0.3) is 0 Å². The summed E-state index contributed by atoms with van der Waals surface area (Å²) in [5, 5.41) is 18.7. The van der Waals surface area contributed by atoms with Crippen molar-refractivity contribution in [3.63, 3.8) is 0 Å². The summed E-state index contributed by atoms with van der Waals surface area (Å²) in [7, 11) is -8.20. The van der Waals surface area contributed by atoms with E-state index in [0.717, 1.165) is 0 Å². The van der Waals surface area contributed by atoms with Crippen molar-refractivity contribution in [3.05, 3.63) is 71.8 Å². The Hall–Kier alpha value is -2.80. The van der Waals surface area contributed by atoms with Crippen LogP contribution in [0.25, 0.3) is 0 Å². The van der Waals surface area contributed by atoms with Gasteiger partial charge in [-0.3, -0.25) is 9.59 Å². The van der Waals surface area contributed by atoms with Gasteiger partial charge in [-0.1, -0.05) is 60.7 Å². The van der Waals surface area contributed by atoms with Gasteiger partial charge in [0.15, 0.2) is 0 Å². The second-order valence-electron chi connectivity index (χ2n) is 7.39. The normalized spacial score (nSPS) is 13.8. The number of hydrogen-bond acceptors (Lipinski definition) is 6. The maximum absolute atomic E-state index is 12.3. The predicted molar refractivity (Wildman–Crippen MR) is 122 cm³/mol. The van der Waals surface area contributed by atoms with E-state index in [2.05, 4.69) is 9.44 Å². The number of sulfonamides is 2. The van der Waals surface area contributed by atoms with Crippen molar-refractivity contribution in [1.29, 1.82) is 0 Å². The number of nitrogens with one attached hydrogen (secondary N) is 2. The van der Waals surface area contributed by atoms with Crippen molar-refractivity contribution < 1.29 is 36.6 Å². The van der Waals surface area contributed by atoms with E-state index < -0.39 is 55.6 Å². The summed E-state index contributed by atoms with van der Waals surface area (Å²) in [4.78, 5) is 22.9. The molecule has 12 heteroatoms. The maximum Gasteiger partial charge on any atom is 0.322 e. The molecule has 0 radical (unpaired) electrons. The molecule has 2 aromatic carbocycles. The molecule has 0 aliphatic carbocycles. The molecule has 0 aliphatic rings. The Labute approximate surface area is 192 Å². The largest absolute Gasteiger partial charge is 0.480 e. The van der Waals surface area contributed by atoms with Crippen LogP contribution in [-0.4, -0.2) is 62.6 Å². The quantitative estimate of drug-likeness (QED) is 0.294. The Morgan fingerprint density at radius 3 is 1.30 bits per heavy atom. The van der Waals surface area contributed by atoms with Crippen molar-refractivity contribution in [2.45, 2.75) is 31.3 Å². The van der Waals surface area contributed by atoms with Crippen molar-refractivity contribution in [2.24, 2.45) is 0 Å². The zero-order valence-corrected chi connectivity index (χ0v) is 19.3. The molecule has 0 saturated heterocycles. The van der Waals surface area contributed by atoms with E-state index in [1.54, 1.807) is 60.7 Å². The lowest BCUT2D eigenvalue weighted by Crippen LogP contribution is -2.44. The van der Waals surface area contributed by atoms with E-state index in [9.17, 15) is 36.6 Å². The number of carboxylic acids is 2. The maximum atomic E-state index is 12.3. The second-order valence-corrected chi connectivity index (χ2v) is 11.1. The van der Waals surface area contributed by atoms with Crippen LogP contribution in [0.1, 0.15) is 17.5 Å². The Kier molecular flexibility index (Phi) is 9.53. The average Bonchev–Trinajstić information content (AvgIpc) is 2.73. The molecule has 2 atom stereocenters. The number of carbonyl (C=O) groups is 2. The summed E-state index contributed by atoms with van der Waals surface area (Å²) < 4.78 is 53.4. The molecule has 0 saturated carbocycles. The third-order valence-electron chi connectivity index (χ3n) is 4.63. The second kappa shape index (κ2) is 11.9. The molecule has 0 fully saturated rings. The molecule has 0 unspecified atom stereocenters. The van der Waals surface area contributed by atoms with E-state index >= 15 is 0 Å². The highest BCUT2D eigenvalue weighted by Crippen LogP contribution is 2.07. The van der Waals surface area contributed by atoms with Gasteiger partial charge >= 0.3 is 11.9 Å². The summed E-state index contributed by atoms with van der Waals surface area (Å²) in [5.74, 6) is -3.99. The number of carboxylic acid groups (broad SMARTS) is 2. The van der Waals surface area contributed by atoms with E-state index in [4.69, 9.17) is 0 Å². The molecule has 2 aromatic rings. The number of rotatable bonds is 14. The highest BCUT2D eigenvalue weighted by molar-refractivity contribution is 7.90. The molecule has 180 valence electrons. The van der Waals surface area contributed by atoms with Gasteiger partial charge in [0.1, 0.15) is 12.1 Å². The van der Waals surface area contributed by atoms with Crippen LogP contribution < -0.4 is 9.44 Å². The van der Waals surface area contributed by atoms with Crippen molar-refractivity contribution in [3.8, 4) is 0 Å². The standard InChI is InChI=1S/C21H26N2O8S2/c24-20(25)18(14-16-8-3-1-4-9-16)22-32(28,29)12-7-13-33(30,31)23-19(21(26)27)15-17-10-5-2-6-11-17/h1-6,8-11,18-19,22-23H,7,12-15H2,(H,24,25)(H,26,27)/t18-,19-/m0/s1. The number of hydrogen-bond donors (Lipinski definition) is 4. The van der Waals surface area contributed by atoms with Gasteiger partial charge in [-0.2, -0.15) is 0 Å². The van der Waals surface area contributed by atoms with Gasteiger partial charge in [-0.05, 0) is 30.4 Å². The Balaban J connectivity index is 1.92. The fraction of sp³-hybridized carbons (Fsp3) is 0.333. The summed E-state index contributed by atoms with van der Waals surface area (Å²) in [6, 6.07) is 14.1. The molecule has 0 aliphatic heterocycles. The molecule has 4 N–H and O–H groups in total. The first-order valence-corrected chi connectivity index (χ1v) is 13.3. The molecule has 0 spiro atoms. The molecule has 10 nitrogen and oxygen atoms in total. The first-order valence-electron chi connectivity index (χ1n) is 10.0. The third-order valence-corrected chi connectivity index (χ3v) is 7.57. The van der Waals surface area contributed by atoms with Crippen LogP contribution in [0.4, 0.5) is 0 Å². The van der Waals surface area contributed by atoms with Crippen molar-refractivity contribution in [1.82, 2.24) is 9.44 Å². The van der Waals surface area contributed by atoms with Crippen LogP contribution in [0.5, 0.6) is 0 Å².